The summed E-state index contributed by atoms with van der Waals surface area (Å²) in [5.74, 6) is -1.85. The second-order valence-electron chi connectivity index (χ2n) is 6.70. The van der Waals surface area contributed by atoms with Gasteiger partial charge >= 0.3 is 11.9 Å². The van der Waals surface area contributed by atoms with Crippen LogP contribution in [0.25, 0.3) is 0 Å². The Labute approximate surface area is 175 Å². The standard InChI is InChI=1S/C24H24N2O4/c1-4-30-24(29)20-16-22(26(3)18-13-9-6-10-14-18)21(15-19(20)23(27)28)25(2)17-11-7-5-8-12-17/h5-16H,4H2,1-3H3,(H,27,28). The van der Waals surface area contributed by atoms with Crippen molar-refractivity contribution in [2.75, 3.05) is 30.5 Å². The highest BCUT2D eigenvalue weighted by atomic mass is 16.5. The first kappa shape index (κ1) is 20.9. The van der Waals surface area contributed by atoms with Crippen molar-refractivity contribution in [3.05, 3.63) is 83.9 Å². The second kappa shape index (κ2) is 9.13. The number of carbonyl (C=O) groups excluding carboxylic acids is 1. The third-order valence-corrected chi connectivity index (χ3v) is 4.85. The number of esters is 1. The SMILES string of the molecule is CCOC(=O)c1cc(N(C)c2ccccc2)c(N(C)c2ccccc2)cc1C(=O)O. The molecule has 6 nitrogen and oxygen atoms in total. The minimum atomic E-state index is -1.19. The molecule has 0 amide bonds. The minimum absolute atomic E-state index is 0.0207. The fourth-order valence-corrected chi connectivity index (χ4v) is 3.25. The maximum Gasteiger partial charge on any atom is 0.339 e. The summed E-state index contributed by atoms with van der Waals surface area (Å²) in [5.41, 5.74) is 3.04. The molecule has 0 heterocycles. The molecule has 0 bridgehead atoms. The molecule has 1 N–H and O–H groups in total. The maximum absolute atomic E-state index is 12.5. The molecule has 0 aliphatic rings. The van der Waals surface area contributed by atoms with Crippen LogP contribution < -0.4 is 9.80 Å². The molecule has 154 valence electrons. The number of carbonyl (C=O) groups is 2. The van der Waals surface area contributed by atoms with Gasteiger partial charge in [0.25, 0.3) is 0 Å². The van der Waals surface area contributed by atoms with Gasteiger partial charge in [-0.25, -0.2) is 9.59 Å². The zero-order valence-electron chi connectivity index (χ0n) is 17.2. The summed E-state index contributed by atoms with van der Waals surface area (Å²) >= 11 is 0. The molecule has 0 unspecified atom stereocenters. The van der Waals surface area contributed by atoms with Crippen molar-refractivity contribution in [3.63, 3.8) is 0 Å². The van der Waals surface area contributed by atoms with Gasteiger partial charge in [-0.05, 0) is 43.3 Å². The van der Waals surface area contributed by atoms with Gasteiger partial charge in [-0.15, -0.1) is 0 Å². The molecular weight excluding hydrogens is 380 g/mol. The van der Waals surface area contributed by atoms with Crippen LogP contribution in [-0.2, 0) is 4.74 Å². The summed E-state index contributed by atoms with van der Waals surface area (Å²) in [5, 5.41) is 9.77. The summed E-state index contributed by atoms with van der Waals surface area (Å²) in [6.07, 6.45) is 0. The Hall–Kier alpha value is -3.80. The van der Waals surface area contributed by atoms with Crippen LogP contribution >= 0.6 is 0 Å². The number of rotatable bonds is 7. The van der Waals surface area contributed by atoms with Gasteiger partial charge in [0.1, 0.15) is 0 Å². The van der Waals surface area contributed by atoms with Crippen molar-refractivity contribution >= 4 is 34.7 Å². The average molecular weight is 404 g/mol. The lowest BCUT2D eigenvalue weighted by Crippen LogP contribution is -2.20. The van der Waals surface area contributed by atoms with Crippen molar-refractivity contribution in [2.24, 2.45) is 0 Å². The zero-order valence-corrected chi connectivity index (χ0v) is 17.2. The van der Waals surface area contributed by atoms with Crippen molar-refractivity contribution in [3.8, 4) is 0 Å². The minimum Gasteiger partial charge on any atom is -0.478 e. The Morgan fingerprint density at radius 3 is 1.63 bits per heavy atom. The largest absolute Gasteiger partial charge is 0.478 e. The molecule has 30 heavy (non-hydrogen) atoms. The zero-order chi connectivity index (χ0) is 21.7. The van der Waals surface area contributed by atoms with Crippen molar-refractivity contribution in [2.45, 2.75) is 6.92 Å². The molecule has 0 aromatic heterocycles. The molecule has 0 fully saturated rings. The Balaban J connectivity index is 2.23. The van der Waals surface area contributed by atoms with Gasteiger partial charge in [-0.2, -0.15) is 0 Å². The predicted octanol–water partition coefficient (Wildman–Crippen LogP) is 5.10. The Morgan fingerprint density at radius 1 is 0.800 bits per heavy atom. The van der Waals surface area contributed by atoms with Crippen molar-refractivity contribution < 1.29 is 19.4 Å². The lowest BCUT2D eigenvalue weighted by atomic mass is 10.0. The Kier molecular flexibility index (Phi) is 6.37. The monoisotopic (exact) mass is 404 g/mol. The van der Waals surface area contributed by atoms with Crippen molar-refractivity contribution in [1.82, 2.24) is 0 Å². The average Bonchev–Trinajstić information content (AvgIpc) is 2.78. The summed E-state index contributed by atoms with van der Waals surface area (Å²) in [6, 6.07) is 22.4. The normalized spacial score (nSPS) is 10.4. The number of hydrogen-bond acceptors (Lipinski definition) is 5. The highest BCUT2D eigenvalue weighted by Gasteiger charge is 2.24. The van der Waals surface area contributed by atoms with Crippen LogP contribution in [0.2, 0.25) is 0 Å². The van der Waals surface area contributed by atoms with Crippen LogP contribution in [0.1, 0.15) is 27.6 Å². The molecule has 3 aromatic carbocycles. The van der Waals surface area contributed by atoms with Gasteiger partial charge in [0.05, 0.1) is 29.1 Å². The first-order chi connectivity index (χ1) is 14.4. The van der Waals surface area contributed by atoms with E-state index < -0.39 is 11.9 Å². The number of aromatic carboxylic acids is 1. The first-order valence-corrected chi connectivity index (χ1v) is 9.60. The smallest absolute Gasteiger partial charge is 0.339 e. The van der Waals surface area contributed by atoms with Crippen LogP contribution in [0.3, 0.4) is 0 Å². The summed E-state index contributed by atoms with van der Waals surface area (Å²) in [7, 11) is 3.74. The number of ether oxygens (including phenoxy) is 1. The summed E-state index contributed by atoms with van der Waals surface area (Å²) in [6.45, 7) is 1.85. The highest BCUT2D eigenvalue weighted by molar-refractivity contribution is 6.05. The van der Waals surface area contributed by atoms with Gasteiger partial charge in [0.15, 0.2) is 0 Å². The fourth-order valence-electron chi connectivity index (χ4n) is 3.25. The number of carboxylic acids is 1. The predicted molar refractivity (Wildman–Crippen MR) is 118 cm³/mol. The molecule has 3 rings (SSSR count). The molecule has 0 saturated carbocycles. The molecule has 0 aliphatic heterocycles. The van der Waals surface area contributed by atoms with Crippen LogP contribution in [0.5, 0.6) is 0 Å². The van der Waals surface area contributed by atoms with Gasteiger partial charge in [0, 0.05) is 25.5 Å². The van der Waals surface area contributed by atoms with Crippen LogP contribution in [0, 0.1) is 0 Å². The van der Waals surface area contributed by atoms with Gasteiger partial charge in [-0.3, -0.25) is 0 Å². The quantitative estimate of drug-likeness (QED) is 0.553. The van der Waals surface area contributed by atoms with Crippen LogP contribution in [-0.4, -0.2) is 37.7 Å². The molecule has 0 saturated heterocycles. The van der Waals surface area contributed by atoms with Gasteiger partial charge in [-0.1, -0.05) is 36.4 Å². The summed E-state index contributed by atoms with van der Waals surface area (Å²) < 4.78 is 5.11. The topological polar surface area (TPSA) is 70.1 Å². The van der Waals surface area contributed by atoms with E-state index in [0.29, 0.717) is 11.4 Å². The molecule has 0 aliphatic carbocycles. The Bertz CT molecular complexity index is 1040. The van der Waals surface area contributed by atoms with E-state index in [4.69, 9.17) is 4.74 Å². The number of benzene rings is 3. The van der Waals surface area contributed by atoms with E-state index in [9.17, 15) is 14.7 Å². The van der Waals surface area contributed by atoms with Crippen molar-refractivity contribution in [1.29, 1.82) is 0 Å². The van der Waals surface area contributed by atoms with E-state index in [0.717, 1.165) is 11.4 Å². The number of nitrogens with zero attached hydrogens (tertiary/aromatic N) is 2. The second-order valence-corrected chi connectivity index (χ2v) is 6.70. The number of carboxylic acid groups (broad SMARTS) is 1. The maximum atomic E-state index is 12.5. The fraction of sp³-hybridized carbons (Fsp3) is 0.167. The molecule has 0 radical (unpaired) electrons. The number of para-hydroxylation sites is 2. The highest BCUT2D eigenvalue weighted by Crippen LogP contribution is 2.38. The third-order valence-electron chi connectivity index (χ3n) is 4.85. The van der Waals surface area contributed by atoms with Crippen LogP contribution in [0.15, 0.2) is 72.8 Å². The molecular formula is C24H24N2O4. The van der Waals surface area contributed by atoms with E-state index in [1.54, 1.807) is 13.0 Å². The number of hydrogen-bond donors (Lipinski definition) is 1. The van der Waals surface area contributed by atoms with Gasteiger partial charge < -0.3 is 19.6 Å². The molecule has 0 atom stereocenters. The van der Waals surface area contributed by atoms with Gasteiger partial charge in [0.2, 0.25) is 0 Å². The van der Waals surface area contributed by atoms with E-state index in [-0.39, 0.29) is 17.7 Å². The molecule has 6 heteroatoms. The summed E-state index contributed by atoms with van der Waals surface area (Å²) in [4.78, 5) is 28.3. The lowest BCUT2D eigenvalue weighted by Gasteiger charge is -2.29. The lowest BCUT2D eigenvalue weighted by molar-refractivity contribution is 0.0514. The number of anilines is 4. The van der Waals surface area contributed by atoms with E-state index >= 15 is 0 Å². The first-order valence-electron chi connectivity index (χ1n) is 9.60. The molecule has 3 aromatic rings. The van der Waals surface area contributed by atoms with E-state index in [2.05, 4.69) is 0 Å². The molecule has 0 spiro atoms. The third kappa shape index (κ3) is 4.27. The van der Waals surface area contributed by atoms with E-state index in [1.165, 1.54) is 6.07 Å². The van der Waals surface area contributed by atoms with Crippen LogP contribution in [0.4, 0.5) is 22.7 Å². The Morgan fingerprint density at radius 2 is 1.23 bits per heavy atom. The van der Waals surface area contributed by atoms with E-state index in [1.807, 2.05) is 84.6 Å².